The quantitative estimate of drug-likeness (QED) is 0.796. The van der Waals surface area contributed by atoms with E-state index in [9.17, 15) is 9.90 Å². The van der Waals surface area contributed by atoms with Crippen LogP contribution in [0.5, 0.6) is 5.75 Å². The summed E-state index contributed by atoms with van der Waals surface area (Å²) < 4.78 is 5.77. The van der Waals surface area contributed by atoms with Gasteiger partial charge >= 0.3 is 0 Å². The third kappa shape index (κ3) is 4.54. The topological polar surface area (TPSA) is 61.8 Å². The second-order valence-corrected chi connectivity index (χ2v) is 7.79. The van der Waals surface area contributed by atoms with E-state index >= 15 is 0 Å². The van der Waals surface area contributed by atoms with Gasteiger partial charge in [0.15, 0.2) is 5.60 Å². The van der Waals surface area contributed by atoms with Crippen molar-refractivity contribution in [2.45, 2.75) is 32.0 Å². The van der Waals surface area contributed by atoms with Crippen LogP contribution in [-0.4, -0.2) is 36.8 Å². The fourth-order valence-electron chi connectivity index (χ4n) is 3.16. The Labute approximate surface area is 164 Å². The first kappa shape index (κ1) is 19.5. The molecule has 1 amide bonds. The molecule has 1 aliphatic rings. The van der Waals surface area contributed by atoms with Gasteiger partial charge in [-0.3, -0.25) is 4.79 Å². The molecule has 0 saturated heterocycles. The molecule has 1 aliphatic heterocycles. The highest BCUT2D eigenvalue weighted by Crippen LogP contribution is 2.29. The van der Waals surface area contributed by atoms with Gasteiger partial charge in [-0.15, -0.1) is 0 Å². The van der Waals surface area contributed by atoms with Crippen molar-refractivity contribution in [2.75, 3.05) is 25.0 Å². The van der Waals surface area contributed by atoms with Crippen LogP contribution in [0.2, 0.25) is 5.02 Å². The molecule has 1 heterocycles. The third-order valence-electron chi connectivity index (χ3n) is 4.81. The second kappa shape index (κ2) is 7.79. The van der Waals surface area contributed by atoms with Gasteiger partial charge in [-0.1, -0.05) is 23.7 Å². The second-order valence-electron chi connectivity index (χ2n) is 7.35. The average Bonchev–Trinajstić information content (AvgIpc) is 3.01. The average molecular weight is 389 g/mol. The lowest BCUT2D eigenvalue weighted by molar-refractivity contribution is -0.134. The molecule has 0 bridgehead atoms. The molecule has 0 aliphatic carbocycles. The predicted molar refractivity (Wildman–Crippen MR) is 108 cm³/mol. The number of aliphatic hydroxyl groups excluding tert-OH is 1. The smallest absolute Gasteiger partial charge is 0.263 e. The van der Waals surface area contributed by atoms with E-state index in [1.807, 2.05) is 18.2 Å². The van der Waals surface area contributed by atoms with E-state index in [1.165, 1.54) is 11.3 Å². The van der Waals surface area contributed by atoms with Crippen LogP contribution in [0.1, 0.15) is 31.1 Å². The number of carbonyl (C=O) groups excluding carboxylic acids is 1. The van der Waals surface area contributed by atoms with Crippen LogP contribution < -0.4 is 15.0 Å². The van der Waals surface area contributed by atoms with Crippen molar-refractivity contribution < 1.29 is 14.6 Å². The number of halogens is 1. The van der Waals surface area contributed by atoms with Crippen molar-refractivity contribution in [3.63, 3.8) is 0 Å². The molecule has 3 rings (SSSR count). The van der Waals surface area contributed by atoms with Gasteiger partial charge in [0.25, 0.3) is 5.91 Å². The van der Waals surface area contributed by atoms with Crippen molar-refractivity contribution in [3.05, 3.63) is 58.6 Å². The summed E-state index contributed by atoms with van der Waals surface area (Å²) in [5, 5.41) is 13.9. The molecule has 2 N–H and O–H groups in total. The molecular weight excluding hydrogens is 364 g/mol. The molecule has 5 nitrogen and oxygen atoms in total. The van der Waals surface area contributed by atoms with Crippen LogP contribution in [0.3, 0.4) is 0 Å². The highest BCUT2D eigenvalue weighted by atomic mass is 35.5. The number of fused-ring (bicyclic) bond motifs is 1. The number of hydrogen-bond donors (Lipinski definition) is 2. The number of nitrogens with zero attached hydrogens (tertiary/aromatic N) is 1. The van der Waals surface area contributed by atoms with Crippen LogP contribution in [-0.2, 0) is 11.2 Å². The van der Waals surface area contributed by atoms with Crippen molar-refractivity contribution in [1.29, 1.82) is 0 Å². The highest BCUT2D eigenvalue weighted by Gasteiger charge is 2.30. The zero-order valence-electron chi connectivity index (χ0n) is 15.8. The number of amides is 1. The fourth-order valence-corrected chi connectivity index (χ4v) is 3.28. The number of benzene rings is 2. The van der Waals surface area contributed by atoms with Crippen molar-refractivity contribution in [1.82, 2.24) is 5.32 Å². The minimum absolute atomic E-state index is 0.126. The number of rotatable bonds is 6. The Bertz CT molecular complexity index is 821. The van der Waals surface area contributed by atoms with E-state index in [-0.39, 0.29) is 12.5 Å². The first-order chi connectivity index (χ1) is 12.8. The van der Waals surface area contributed by atoms with E-state index in [1.54, 1.807) is 38.1 Å². The maximum Gasteiger partial charge on any atom is 0.263 e. The maximum atomic E-state index is 12.5. The molecule has 0 radical (unpaired) electrons. The van der Waals surface area contributed by atoms with Gasteiger partial charge < -0.3 is 20.1 Å². The lowest BCUT2D eigenvalue weighted by Crippen LogP contribution is -2.47. The molecule has 1 atom stereocenters. The van der Waals surface area contributed by atoms with Crippen molar-refractivity contribution in [2.24, 2.45) is 0 Å². The molecule has 0 aromatic heterocycles. The lowest BCUT2D eigenvalue weighted by Gasteiger charge is -2.26. The molecule has 1 unspecified atom stereocenters. The van der Waals surface area contributed by atoms with Crippen molar-refractivity contribution >= 4 is 23.2 Å². The Kier molecular flexibility index (Phi) is 5.63. The molecule has 2 aromatic rings. The molecule has 0 saturated carbocycles. The molecule has 0 fully saturated rings. The highest BCUT2D eigenvalue weighted by molar-refractivity contribution is 6.30. The van der Waals surface area contributed by atoms with Crippen LogP contribution in [0.4, 0.5) is 5.69 Å². The summed E-state index contributed by atoms with van der Waals surface area (Å²) in [6.07, 6.45) is 0.206. The lowest BCUT2D eigenvalue weighted by atomic mass is 10.0. The standard InChI is InChI=1S/C21H25ClN2O3/c1-21(2,27-17-7-5-16(22)6-8-17)20(26)23-13-19(25)15-4-9-18-14(12-15)10-11-24(18)3/h4-9,12,19,25H,10-11,13H2,1-3H3,(H,23,26). The van der Waals surface area contributed by atoms with E-state index in [0.29, 0.717) is 10.8 Å². The first-order valence-electron chi connectivity index (χ1n) is 9.01. The SMILES string of the molecule is CN1CCc2cc(C(O)CNC(=O)C(C)(C)Oc3ccc(Cl)cc3)ccc21. The fraction of sp³-hybridized carbons (Fsp3) is 0.381. The molecule has 0 spiro atoms. The number of hydrogen-bond acceptors (Lipinski definition) is 4. The van der Waals surface area contributed by atoms with Gasteiger partial charge in [0, 0.05) is 30.8 Å². The van der Waals surface area contributed by atoms with Crippen molar-refractivity contribution in [3.8, 4) is 5.75 Å². The van der Waals surface area contributed by atoms with Crippen LogP contribution in [0.15, 0.2) is 42.5 Å². The zero-order valence-corrected chi connectivity index (χ0v) is 16.6. The Morgan fingerprint density at radius 1 is 1.30 bits per heavy atom. The summed E-state index contributed by atoms with van der Waals surface area (Å²) in [5.41, 5.74) is 2.16. The number of aliphatic hydroxyl groups is 1. The minimum Gasteiger partial charge on any atom is -0.478 e. The van der Waals surface area contributed by atoms with Gasteiger partial charge in [0.1, 0.15) is 5.75 Å². The Hall–Kier alpha value is -2.24. The summed E-state index contributed by atoms with van der Waals surface area (Å²) in [4.78, 5) is 14.7. The number of nitrogens with one attached hydrogen (secondary N) is 1. The van der Waals surface area contributed by atoms with Crippen LogP contribution in [0, 0.1) is 0 Å². The summed E-state index contributed by atoms with van der Waals surface area (Å²) in [6, 6.07) is 12.8. The van der Waals surface area contributed by atoms with Gasteiger partial charge in [0.05, 0.1) is 6.10 Å². The first-order valence-corrected chi connectivity index (χ1v) is 9.39. The maximum absolute atomic E-state index is 12.5. The summed E-state index contributed by atoms with van der Waals surface area (Å²) in [5.74, 6) is 0.264. The van der Waals surface area contributed by atoms with Gasteiger partial charge in [-0.05, 0) is 61.7 Å². The van der Waals surface area contributed by atoms with E-state index in [2.05, 4.69) is 17.3 Å². The number of anilines is 1. The van der Waals surface area contributed by atoms with Crippen LogP contribution in [0.25, 0.3) is 0 Å². The normalized spacial score (nSPS) is 14.6. The Morgan fingerprint density at radius 3 is 2.70 bits per heavy atom. The molecule has 27 heavy (non-hydrogen) atoms. The summed E-state index contributed by atoms with van der Waals surface area (Å²) >= 11 is 5.87. The zero-order chi connectivity index (χ0) is 19.6. The van der Waals surface area contributed by atoms with Gasteiger partial charge in [0.2, 0.25) is 0 Å². The third-order valence-corrected chi connectivity index (χ3v) is 5.06. The van der Waals surface area contributed by atoms with Gasteiger partial charge in [-0.2, -0.15) is 0 Å². The monoisotopic (exact) mass is 388 g/mol. The predicted octanol–water partition coefficient (Wildman–Crippen LogP) is 3.34. The molecule has 6 heteroatoms. The number of ether oxygens (including phenoxy) is 1. The Balaban J connectivity index is 1.58. The number of carbonyl (C=O) groups is 1. The number of likely N-dealkylation sites (N-methyl/N-ethyl adjacent to an activating group) is 1. The summed E-state index contributed by atoms with van der Waals surface area (Å²) in [6.45, 7) is 4.49. The summed E-state index contributed by atoms with van der Waals surface area (Å²) in [7, 11) is 2.06. The Morgan fingerprint density at radius 2 is 2.00 bits per heavy atom. The molecule has 2 aromatic carbocycles. The van der Waals surface area contributed by atoms with E-state index < -0.39 is 11.7 Å². The largest absolute Gasteiger partial charge is 0.478 e. The molecule has 144 valence electrons. The molecular formula is C21H25ClN2O3. The van der Waals surface area contributed by atoms with E-state index in [0.717, 1.165) is 18.5 Å². The van der Waals surface area contributed by atoms with Gasteiger partial charge in [-0.25, -0.2) is 0 Å². The van der Waals surface area contributed by atoms with E-state index in [4.69, 9.17) is 16.3 Å². The van der Waals surface area contributed by atoms with Crippen LogP contribution >= 0.6 is 11.6 Å². The minimum atomic E-state index is -1.08.